The average molecular weight is 380 g/mol. The van der Waals surface area contributed by atoms with E-state index in [0.29, 0.717) is 31.0 Å². The zero-order valence-electron chi connectivity index (χ0n) is 15.5. The van der Waals surface area contributed by atoms with E-state index in [-0.39, 0.29) is 23.4 Å². The highest BCUT2D eigenvalue weighted by Gasteiger charge is 2.45. The van der Waals surface area contributed by atoms with E-state index in [0.717, 1.165) is 24.3 Å². The van der Waals surface area contributed by atoms with Crippen LogP contribution in [-0.4, -0.2) is 58.2 Å². The second kappa shape index (κ2) is 6.32. The second-order valence-corrected chi connectivity index (χ2v) is 11.0. The number of nitrogens with zero attached hydrogens (tertiary/aromatic N) is 2. The third-order valence-electron chi connectivity index (χ3n) is 6.13. The topological polar surface area (TPSA) is 76.0 Å². The lowest BCUT2D eigenvalue weighted by Crippen LogP contribution is -2.54. The molecule has 4 heterocycles. The zero-order chi connectivity index (χ0) is 18.5. The van der Waals surface area contributed by atoms with Crippen molar-refractivity contribution >= 4 is 27.9 Å². The Morgan fingerprint density at radius 1 is 1.12 bits per heavy atom. The van der Waals surface area contributed by atoms with Crippen molar-refractivity contribution < 1.29 is 13.9 Å². The fourth-order valence-corrected chi connectivity index (χ4v) is 5.92. The molecule has 4 aliphatic heterocycles. The summed E-state index contributed by atoms with van der Waals surface area (Å²) in [5, 5.41) is 3.16. The van der Waals surface area contributed by atoms with E-state index in [1.54, 1.807) is 0 Å². The molecular weight excluding hydrogens is 350 g/mol. The molecule has 4 fully saturated rings. The van der Waals surface area contributed by atoms with Crippen LogP contribution >= 0.6 is 10.6 Å². The Morgan fingerprint density at radius 2 is 1.73 bits per heavy atom. The van der Waals surface area contributed by atoms with Crippen molar-refractivity contribution in [3.05, 3.63) is 24.3 Å². The van der Waals surface area contributed by atoms with E-state index >= 15 is 0 Å². The lowest BCUT2D eigenvalue weighted by Gasteiger charge is -2.48. The fraction of sp³-hybridized carbons (Fsp3) is 0.632. The van der Waals surface area contributed by atoms with Crippen LogP contribution in [-0.2, 0) is 4.79 Å². The lowest BCUT2D eigenvalue weighted by atomic mass is 9.74. The van der Waals surface area contributed by atoms with Crippen LogP contribution in [0.3, 0.4) is 0 Å². The summed E-state index contributed by atoms with van der Waals surface area (Å²) in [5.41, 5.74) is 2.38. The van der Waals surface area contributed by atoms with E-state index < -0.39 is 10.6 Å². The molecule has 0 aliphatic carbocycles. The molecule has 6 nitrogen and oxygen atoms in total. The molecule has 0 saturated carbocycles. The van der Waals surface area contributed by atoms with Gasteiger partial charge in [0.25, 0.3) is 0 Å². The third kappa shape index (κ3) is 3.40. The molecule has 26 heavy (non-hydrogen) atoms. The number of amides is 1. The maximum absolute atomic E-state index is 12.1. The summed E-state index contributed by atoms with van der Waals surface area (Å²) in [6.45, 7) is 6.75. The van der Waals surface area contributed by atoms with Crippen LogP contribution in [0.4, 0.5) is 11.4 Å². The van der Waals surface area contributed by atoms with E-state index in [1.165, 1.54) is 0 Å². The molecule has 1 aromatic rings. The van der Waals surface area contributed by atoms with E-state index in [4.69, 9.17) is 0 Å². The van der Waals surface area contributed by atoms with Crippen molar-refractivity contribution in [2.75, 3.05) is 40.9 Å². The van der Waals surface area contributed by atoms with Crippen LogP contribution in [0.25, 0.3) is 0 Å². The SMILES string of the molecule is CC1(C)C[C@@H]2CN(c3ccc(N4CCS(O)(O)CC4)cc3)[C@H]1CC(=O)N2. The van der Waals surface area contributed by atoms with Crippen molar-refractivity contribution in [1.29, 1.82) is 0 Å². The minimum absolute atomic E-state index is 0.0992. The highest BCUT2D eigenvalue weighted by molar-refractivity contribution is 8.24. The minimum atomic E-state index is -2.37. The highest BCUT2D eigenvalue weighted by atomic mass is 32.3. The number of hydrogen-bond acceptors (Lipinski definition) is 5. The molecule has 7 heteroatoms. The number of carbonyl (C=O) groups is 1. The Labute approximate surface area is 156 Å². The van der Waals surface area contributed by atoms with Crippen molar-refractivity contribution in [2.45, 2.75) is 38.8 Å². The third-order valence-corrected chi connectivity index (χ3v) is 7.81. The van der Waals surface area contributed by atoms with Gasteiger partial charge in [0.1, 0.15) is 0 Å². The first-order valence-electron chi connectivity index (χ1n) is 9.38. The molecule has 144 valence electrons. The van der Waals surface area contributed by atoms with Gasteiger partial charge in [-0.25, -0.2) is 0 Å². The van der Waals surface area contributed by atoms with E-state index in [1.807, 2.05) is 0 Å². The average Bonchev–Trinajstić information content (AvgIpc) is 2.79. The van der Waals surface area contributed by atoms with Gasteiger partial charge in [-0.1, -0.05) is 13.8 Å². The second-order valence-electron chi connectivity index (χ2n) is 8.54. The summed E-state index contributed by atoms with van der Waals surface area (Å²) in [4.78, 5) is 16.7. The van der Waals surface area contributed by atoms with Gasteiger partial charge < -0.3 is 15.1 Å². The van der Waals surface area contributed by atoms with Crippen LogP contribution in [0.1, 0.15) is 26.7 Å². The Bertz CT molecular complexity index is 682. The molecule has 0 aromatic heterocycles. The van der Waals surface area contributed by atoms with Gasteiger partial charge in [0, 0.05) is 49.5 Å². The molecule has 2 bridgehead atoms. The quantitative estimate of drug-likeness (QED) is 0.737. The molecular formula is C19H29N3O3S. The zero-order valence-corrected chi connectivity index (χ0v) is 16.3. The summed E-state index contributed by atoms with van der Waals surface area (Å²) in [6, 6.07) is 8.95. The molecule has 1 aromatic carbocycles. The van der Waals surface area contributed by atoms with Crippen LogP contribution in [0.15, 0.2) is 24.3 Å². The van der Waals surface area contributed by atoms with Gasteiger partial charge in [0.15, 0.2) is 0 Å². The first kappa shape index (κ1) is 17.9. The van der Waals surface area contributed by atoms with E-state index in [9.17, 15) is 13.9 Å². The number of nitrogens with one attached hydrogen (secondary N) is 1. The van der Waals surface area contributed by atoms with Crippen molar-refractivity contribution in [3.63, 3.8) is 0 Å². The normalized spacial score (nSPS) is 31.3. The van der Waals surface area contributed by atoms with Gasteiger partial charge in [-0.15, -0.1) is 0 Å². The molecule has 0 radical (unpaired) electrons. The predicted octanol–water partition coefficient (Wildman–Crippen LogP) is 2.75. The largest absolute Gasteiger partial charge is 0.368 e. The van der Waals surface area contributed by atoms with Gasteiger partial charge >= 0.3 is 0 Å². The lowest BCUT2D eigenvalue weighted by molar-refractivity contribution is -0.121. The fourth-order valence-electron chi connectivity index (χ4n) is 4.69. The Morgan fingerprint density at radius 3 is 2.38 bits per heavy atom. The predicted molar refractivity (Wildman–Crippen MR) is 107 cm³/mol. The maximum atomic E-state index is 12.1. The summed E-state index contributed by atoms with van der Waals surface area (Å²) < 4.78 is 19.6. The molecule has 0 spiro atoms. The number of anilines is 2. The first-order chi connectivity index (χ1) is 12.2. The Hall–Kier alpha value is -1.44. The molecule has 0 unspecified atom stereocenters. The Kier molecular flexibility index (Phi) is 4.36. The van der Waals surface area contributed by atoms with Crippen LogP contribution in [0.2, 0.25) is 0 Å². The number of hydrogen-bond donors (Lipinski definition) is 3. The van der Waals surface area contributed by atoms with Gasteiger partial charge in [-0.3, -0.25) is 13.9 Å². The van der Waals surface area contributed by atoms with E-state index in [2.05, 4.69) is 53.2 Å². The summed E-state index contributed by atoms with van der Waals surface area (Å²) in [5.74, 6) is 1.07. The molecule has 4 aliphatic rings. The smallest absolute Gasteiger partial charge is 0.222 e. The summed E-state index contributed by atoms with van der Waals surface area (Å²) in [6.07, 6.45) is 1.58. The van der Waals surface area contributed by atoms with Crippen molar-refractivity contribution in [2.24, 2.45) is 5.41 Å². The number of carbonyl (C=O) groups excluding carboxylic acids is 1. The van der Waals surface area contributed by atoms with Gasteiger partial charge in [0.2, 0.25) is 5.91 Å². The summed E-state index contributed by atoms with van der Waals surface area (Å²) in [7, 11) is -2.37. The highest BCUT2D eigenvalue weighted by Crippen LogP contribution is 2.43. The van der Waals surface area contributed by atoms with Gasteiger partial charge in [0.05, 0.1) is 11.5 Å². The van der Waals surface area contributed by atoms with Crippen molar-refractivity contribution in [3.8, 4) is 0 Å². The number of piperidine rings is 1. The number of benzene rings is 1. The molecule has 4 saturated heterocycles. The Balaban J connectivity index is 1.53. The number of fused-ring (bicyclic) bond motifs is 4. The standard InChI is InChI=1S/C19H29N3O3S/c1-19(2)12-14-13-22(17(19)11-18(23)20-14)16-5-3-15(4-6-16)21-7-9-26(24,25)10-8-21/h3-6,14,17,24-25H,7-13H2,1-2H3,(H,20,23)/t14-,17+/m1/s1. The molecule has 2 atom stereocenters. The molecule has 3 N–H and O–H groups in total. The maximum Gasteiger partial charge on any atom is 0.222 e. The van der Waals surface area contributed by atoms with Crippen LogP contribution in [0, 0.1) is 5.41 Å². The minimum Gasteiger partial charge on any atom is -0.368 e. The molecule has 5 rings (SSSR count). The van der Waals surface area contributed by atoms with Gasteiger partial charge in [-0.2, -0.15) is 10.6 Å². The van der Waals surface area contributed by atoms with Crippen molar-refractivity contribution in [1.82, 2.24) is 5.32 Å². The number of rotatable bonds is 2. The molecule has 1 amide bonds. The van der Waals surface area contributed by atoms with Gasteiger partial charge in [-0.05, 0) is 36.1 Å². The van der Waals surface area contributed by atoms with Crippen LogP contribution < -0.4 is 15.1 Å². The summed E-state index contributed by atoms with van der Waals surface area (Å²) >= 11 is 0. The monoisotopic (exact) mass is 379 g/mol. The first-order valence-corrected chi connectivity index (χ1v) is 11.3. The van der Waals surface area contributed by atoms with Crippen LogP contribution in [0.5, 0.6) is 0 Å².